The molecule has 0 radical (unpaired) electrons. The van der Waals surface area contributed by atoms with Crippen molar-refractivity contribution in [1.29, 1.82) is 0 Å². The van der Waals surface area contributed by atoms with Crippen LogP contribution in [-0.4, -0.2) is 4.98 Å². The smallest absolute Gasteiger partial charge is 0.0897 e. The summed E-state index contributed by atoms with van der Waals surface area (Å²) >= 11 is 1.76. The van der Waals surface area contributed by atoms with E-state index in [0.717, 1.165) is 11.6 Å². The fourth-order valence-corrected chi connectivity index (χ4v) is 2.91. The Morgan fingerprint density at radius 1 is 1.28 bits per heavy atom. The second-order valence-corrected chi connectivity index (χ2v) is 6.13. The van der Waals surface area contributed by atoms with Gasteiger partial charge in [-0.25, -0.2) is 4.98 Å². The number of hydrogen-bond acceptors (Lipinski definition) is 3. The number of aryl methyl sites for hydroxylation is 3. The highest BCUT2D eigenvalue weighted by Gasteiger charge is 2.08. The molecule has 0 spiro atoms. The van der Waals surface area contributed by atoms with Crippen LogP contribution in [-0.2, 0) is 6.54 Å². The zero-order valence-electron chi connectivity index (χ0n) is 11.4. The molecule has 1 heterocycles. The molecule has 0 amide bonds. The number of nitrogens with zero attached hydrogens (tertiary/aromatic N) is 1. The van der Waals surface area contributed by atoms with E-state index in [1.807, 2.05) is 13.1 Å². The molecular formula is C15H20N2S. The molecule has 1 aromatic heterocycles. The maximum Gasteiger partial charge on any atom is 0.0897 e. The van der Waals surface area contributed by atoms with Crippen molar-refractivity contribution in [2.75, 3.05) is 0 Å². The third kappa shape index (κ3) is 3.18. The molecule has 0 aliphatic carbocycles. The van der Waals surface area contributed by atoms with Gasteiger partial charge in [0, 0.05) is 23.7 Å². The first-order valence-electron chi connectivity index (χ1n) is 6.28. The van der Waals surface area contributed by atoms with Gasteiger partial charge in [-0.05, 0) is 38.8 Å². The minimum atomic E-state index is 0.369. The van der Waals surface area contributed by atoms with Gasteiger partial charge in [0.15, 0.2) is 0 Å². The van der Waals surface area contributed by atoms with Crippen LogP contribution in [0.5, 0.6) is 0 Å². The van der Waals surface area contributed by atoms with E-state index >= 15 is 0 Å². The molecule has 2 aromatic rings. The van der Waals surface area contributed by atoms with E-state index in [2.05, 4.69) is 49.3 Å². The maximum atomic E-state index is 4.27. The van der Waals surface area contributed by atoms with E-state index < -0.39 is 0 Å². The first-order valence-corrected chi connectivity index (χ1v) is 7.10. The number of rotatable bonds is 4. The zero-order chi connectivity index (χ0) is 13.1. The fourth-order valence-electron chi connectivity index (χ4n) is 2.16. The minimum absolute atomic E-state index is 0.369. The van der Waals surface area contributed by atoms with Crippen molar-refractivity contribution in [2.24, 2.45) is 0 Å². The lowest BCUT2D eigenvalue weighted by Crippen LogP contribution is -2.18. The molecule has 0 aliphatic heterocycles. The first kappa shape index (κ1) is 13.2. The van der Waals surface area contributed by atoms with Gasteiger partial charge in [0.2, 0.25) is 0 Å². The molecule has 1 unspecified atom stereocenters. The highest BCUT2D eigenvalue weighted by molar-refractivity contribution is 7.11. The van der Waals surface area contributed by atoms with Crippen molar-refractivity contribution < 1.29 is 0 Å². The number of benzene rings is 1. The number of thiazole rings is 1. The summed E-state index contributed by atoms with van der Waals surface area (Å²) in [5.41, 5.74) is 4.05. The van der Waals surface area contributed by atoms with Crippen LogP contribution in [0.2, 0.25) is 0 Å². The third-order valence-corrected chi connectivity index (χ3v) is 4.06. The van der Waals surface area contributed by atoms with Crippen LogP contribution in [0.15, 0.2) is 24.4 Å². The maximum absolute atomic E-state index is 4.27. The van der Waals surface area contributed by atoms with E-state index in [4.69, 9.17) is 0 Å². The Labute approximate surface area is 113 Å². The summed E-state index contributed by atoms with van der Waals surface area (Å²) in [6.07, 6.45) is 1.96. The van der Waals surface area contributed by atoms with Crippen molar-refractivity contribution in [1.82, 2.24) is 10.3 Å². The molecule has 2 rings (SSSR count). The summed E-state index contributed by atoms with van der Waals surface area (Å²) in [6, 6.07) is 7.01. The van der Waals surface area contributed by atoms with Gasteiger partial charge in [-0.15, -0.1) is 11.3 Å². The highest BCUT2D eigenvalue weighted by Crippen LogP contribution is 2.20. The number of hydrogen-bond donors (Lipinski definition) is 1. The van der Waals surface area contributed by atoms with Gasteiger partial charge in [-0.3, -0.25) is 0 Å². The summed E-state index contributed by atoms with van der Waals surface area (Å²) in [4.78, 5) is 5.57. The Balaban J connectivity index is 2.01. The van der Waals surface area contributed by atoms with Crippen LogP contribution in [0.25, 0.3) is 0 Å². The molecule has 3 heteroatoms. The largest absolute Gasteiger partial charge is 0.305 e. The average molecular weight is 260 g/mol. The van der Waals surface area contributed by atoms with Crippen molar-refractivity contribution in [3.63, 3.8) is 0 Å². The highest BCUT2D eigenvalue weighted by atomic mass is 32.1. The van der Waals surface area contributed by atoms with Crippen molar-refractivity contribution in [2.45, 2.75) is 40.3 Å². The molecule has 18 heavy (non-hydrogen) atoms. The van der Waals surface area contributed by atoms with Gasteiger partial charge in [0.1, 0.15) is 0 Å². The van der Waals surface area contributed by atoms with Gasteiger partial charge in [0.25, 0.3) is 0 Å². The lowest BCUT2D eigenvalue weighted by molar-refractivity contribution is 0.576. The lowest BCUT2D eigenvalue weighted by Gasteiger charge is -2.16. The van der Waals surface area contributed by atoms with Gasteiger partial charge < -0.3 is 5.32 Å². The summed E-state index contributed by atoms with van der Waals surface area (Å²) in [6.45, 7) is 9.46. The molecule has 2 nitrogen and oxygen atoms in total. The molecule has 0 saturated heterocycles. The van der Waals surface area contributed by atoms with Crippen LogP contribution in [0.1, 0.15) is 39.5 Å². The van der Waals surface area contributed by atoms with Crippen LogP contribution in [0, 0.1) is 20.8 Å². The molecule has 1 N–H and O–H groups in total. The van der Waals surface area contributed by atoms with E-state index in [0.29, 0.717) is 6.04 Å². The van der Waals surface area contributed by atoms with E-state index in [1.54, 1.807) is 11.3 Å². The van der Waals surface area contributed by atoms with Gasteiger partial charge in [-0.1, -0.05) is 23.8 Å². The fraction of sp³-hybridized carbons (Fsp3) is 0.400. The van der Waals surface area contributed by atoms with Gasteiger partial charge in [-0.2, -0.15) is 0 Å². The van der Waals surface area contributed by atoms with Gasteiger partial charge in [0.05, 0.1) is 5.01 Å². The Kier molecular flexibility index (Phi) is 4.15. The molecule has 1 atom stereocenters. The van der Waals surface area contributed by atoms with Crippen LogP contribution in [0.3, 0.4) is 0 Å². The second-order valence-electron chi connectivity index (χ2n) is 4.81. The number of nitrogens with one attached hydrogen (secondary N) is 1. The molecule has 96 valence electrons. The monoisotopic (exact) mass is 260 g/mol. The van der Waals surface area contributed by atoms with Crippen molar-refractivity contribution in [3.8, 4) is 0 Å². The third-order valence-electron chi connectivity index (χ3n) is 3.14. The quantitative estimate of drug-likeness (QED) is 0.901. The Morgan fingerprint density at radius 2 is 2.06 bits per heavy atom. The molecule has 0 aliphatic rings. The van der Waals surface area contributed by atoms with Crippen LogP contribution in [0.4, 0.5) is 0 Å². The summed E-state index contributed by atoms with van der Waals surface area (Å²) in [5, 5.41) is 4.69. The SMILES string of the molecule is Cc1ccc(C(C)NCc2cnc(C)s2)c(C)c1. The second kappa shape index (κ2) is 5.63. The van der Waals surface area contributed by atoms with E-state index in [-0.39, 0.29) is 0 Å². The van der Waals surface area contributed by atoms with Crippen LogP contribution >= 0.6 is 11.3 Å². The van der Waals surface area contributed by atoms with Crippen LogP contribution < -0.4 is 5.32 Å². The number of aromatic nitrogens is 1. The molecule has 0 saturated carbocycles. The summed E-state index contributed by atoms with van der Waals surface area (Å²) in [7, 11) is 0. The van der Waals surface area contributed by atoms with E-state index in [9.17, 15) is 0 Å². The predicted molar refractivity (Wildman–Crippen MR) is 78.0 cm³/mol. The normalized spacial score (nSPS) is 12.7. The Bertz CT molecular complexity index is 531. The lowest BCUT2D eigenvalue weighted by atomic mass is 10.0. The predicted octanol–water partition coefficient (Wildman–Crippen LogP) is 3.92. The standard InChI is InChI=1S/C15H20N2S/c1-10-5-6-15(11(2)7-10)12(3)16-8-14-9-17-13(4)18-14/h5-7,9,12,16H,8H2,1-4H3. The Morgan fingerprint density at radius 3 is 2.67 bits per heavy atom. The molecule has 0 fully saturated rings. The molecular weight excluding hydrogens is 240 g/mol. The Hall–Kier alpha value is -1.19. The summed E-state index contributed by atoms with van der Waals surface area (Å²) < 4.78 is 0. The minimum Gasteiger partial charge on any atom is -0.305 e. The van der Waals surface area contributed by atoms with Gasteiger partial charge >= 0.3 is 0 Å². The molecule has 0 bridgehead atoms. The topological polar surface area (TPSA) is 24.9 Å². The zero-order valence-corrected chi connectivity index (χ0v) is 12.3. The van der Waals surface area contributed by atoms with E-state index in [1.165, 1.54) is 21.6 Å². The first-order chi connectivity index (χ1) is 8.56. The van der Waals surface area contributed by atoms with Crippen molar-refractivity contribution >= 4 is 11.3 Å². The van der Waals surface area contributed by atoms with Crippen molar-refractivity contribution in [3.05, 3.63) is 51.0 Å². The average Bonchev–Trinajstić information content (AvgIpc) is 2.72. The summed E-state index contributed by atoms with van der Waals surface area (Å²) in [5.74, 6) is 0. The molecule has 1 aromatic carbocycles.